The average Bonchev–Trinajstić information content (AvgIpc) is 2.67. The van der Waals surface area contributed by atoms with E-state index in [0.29, 0.717) is 6.42 Å². The molecule has 4 N–H and O–H groups in total. The highest BCUT2D eigenvalue weighted by atomic mass is 16.1. The highest BCUT2D eigenvalue weighted by Crippen LogP contribution is 2.10. The lowest BCUT2D eigenvalue weighted by Gasteiger charge is -2.12. The molecule has 1 aromatic rings. The molecule has 4 nitrogen and oxygen atoms in total. The van der Waals surface area contributed by atoms with Crippen LogP contribution in [0.25, 0.3) is 0 Å². The van der Waals surface area contributed by atoms with Gasteiger partial charge < -0.3 is 16.4 Å². The van der Waals surface area contributed by atoms with Crippen molar-refractivity contribution in [1.82, 2.24) is 10.6 Å². The second-order valence-corrected chi connectivity index (χ2v) is 4.13. The van der Waals surface area contributed by atoms with Crippen molar-refractivity contribution in [2.75, 3.05) is 12.3 Å². The Morgan fingerprint density at radius 1 is 1.44 bits per heavy atom. The lowest BCUT2D eigenvalue weighted by Crippen LogP contribution is -2.35. The van der Waals surface area contributed by atoms with Crippen molar-refractivity contribution in [2.24, 2.45) is 0 Å². The Bertz CT molecular complexity index is 378. The van der Waals surface area contributed by atoms with Gasteiger partial charge in [-0.15, -0.1) is 0 Å². The van der Waals surface area contributed by atoms with Crippen LogP contribution in [0.2, 0.25) is 0 Å². The van der Waals surface area contributed by atoms with E-state index in [9.17, 15) is 4.79 Å². The summed E-state index contributed by atoms with van der Waals surface area (Å²) in [6, 6.07) is 8.09. The second kappa shape index (κ2) is 4.99. The van der Waals surface area contributed by atoms with Crippen LogP contribution in [0.3, 0.4) is 0 Å². The largest absolute Gasteiger partial charge is 0.398 e. The van der Waals surface area contributed by atoms with Crippen LogP contribution in [0.4, 0.5) is 5.69 Å². The molecular formula is C12H17N3O. The Labute approximate surface area is 95.2 Å². The van der Waals surface area contributed by atoms with Gasteiger partial charge in [-0.05, 0) is 18.1 Å². The van der Waals surface area contributed by atoms with Crippen LogP contribution in [-0.2, 0) is 11.3 Å². The molecule has 0 spiro atoms. The van der Waals surface area contributed by atoms with Gasteiger partial charge in [-0.3, -0.25) is 4.79 Å². The number of amides is 1. The predicted molar refractivity (Wildman–Crippen MR) is 63.7 cm³/mol. The fourth-order valence-electron chi connectivity index (χ4n) is 1.91. The normalized spacial score (nSPS) is 19.8. The smallest absolute Gasteiger partial charge is 0.220 e. The highest BCUT2D eigenvalue weighted by molar-refractivity contribution is 5.78. The number of carbonyl (C=O) groups excluding carboxylic acids is 1. The molecule has 1 unspecified atom stereocenters. The van der Waals surface area contributed by atoms with Crippen molar-refractivity contribution in [2.45, 2.75) is 25.4 Å². The van der Waals surface area contributed by atoms with E-state index in [-0.39, 0.29) is 11.9 Å². The summed E-state index contributed by atoms with van der Waals surface area (Å²) in [5, 5.41) is 6.23. The van der Waals surface area contributed by atoms with Crippen LogP contribution >= 0.6 is 0 Å². The van der Waals surface area contributed by atoms with Gasteiger partial charge in [0.25, 0.3) is 0 Å². The summed E-state index contributed by atoms with van der Waals surface area (Å²) in [4.78, 5) is 11.0. The molecule has 0 aromatic heterocycles. The van der Waals surface area contributed by atoms with Gasteiger partial charge in [0.05, 0.1) is 0 Å². The third-order valence-corrected chi connectivity index (χ3v) is 2.85. The Balaban J connectivity index is 1.76. The topological polar surface area (TPSA) is 67.1 Å². The fourth-order valence-corrected chi connectivity index (χ4v) is 1.91. The maximum Gasteiger partial charge on any atom is 0.220 e. The fraction of sp³-hybridized carbons (Fsp3) is 0.417. The number of hydrogen-bond donors (Lipinski definition) is 3. The van der Waals surface area contributed by atoms with E-state index in [1.165, 1.54) is 0 Å². The first kappa shape index (κ1) is 11.0. The number of para-hydroxylation sites is 1. The zero-order valence-corrected chi connectivity index (χ0v) is 9.20. The highest BCUT2D eigenvalue weighted by Gasteiger charge is 2.19. The van der Waals surface area contributed by atoms with Crippen LogP contribution in [0.5, 0.6) is 0 Å². The van der Waals surface area contributed by atoms with Crippen molar-refractivity contribution in [3.05, 3.63) is 29.8 Å². The predicted octanol–water partition coefficient (Wildman–Crippen LogP) is 0.637. The van der Waals surface area contributed by atoms with E-state index in [1.807, 2.05) is 24.3 Å². The molecule has 0 bridgehead atoms. The third-order valence-electron chi connectivity index (χ3n) is 2.85. The molecule has 86 valence electrons. The summed E-state index contributed by atoms with van der Waals surface area (Å²) in [7, 11) is 0. The number of anilines is 1. The molecular weight excluding hydrogens is 202 g/mol. The molecule has 1 heterocycles. The van der Waals surface area contributed by atoms with E-state index in [1.54, 1.807) is 0 Å². The maximum absolute atomic E-state index is 11.0. The van der Waals surface area contributed by atoms with Crippen molar-refractivity contribution in [3.8, 4) is 0 Å². The number of rotatable bonds is 4. The van der Waals surface area contributed by atoms with E-state index in [2.05, 4.69) is 10.6 Å². The zero-order valence-electron chi connectivity index (χ0n) is 9.20. The summed E-state index contributed by atoms with van der Waals surface area (Å²) < 4.78 is 0. The van der Waals surface area contributed by atoms with Gasteiger partial charge in [-0.1, -0.05) is 18.2 Å². The average molecular weight is 219 g/mol. The van der Waals surface area contributed by atoms with E-state index >= 15 is 0 Å². The Kier molecular flexibility index (Phi) is 3.41. The molecule has 1 aliphatic rings. The molecule has 0 saturated carbocycles. The first-order valence-corrected chi connectivity index (χ1v) is 5.59. The van der Waals surface area contributed by atoms with Crippen LogP contribution in [0.15, 0.2) is 24.3 Å². The molecule has 0 aliphatic carbocycles. The van der Waals surface area contributed by atoms with Crippen molar-refractivity contribution in [1.29, 1.82) is 0 Å². The number of benzene rings is 1. The van der Waals surface area contributed by atoms with Crippen molar-refractivity contribution >= 4 is 11.6 Å². The number of nitrogens with two attached hydrogens (primary N) is 1. The lowest BCUT2D eigenvalue weighted by molar-refractivity contribution is -0.119. The first-order valence-electron chi connectivity index (χ1n) is 5.59. The Morgan fingerprint density at radius 2 is 2.25 bits per heavy atom. The first-order chi connectivity index (χ1) is 7.75. The molecule has 4 heteroatoms. The number of nitrogen functional groups attached to an aromatic ring is 1. The Morgan fingerprint density at radius 3 is 2.94 bits per heavy atom. The summed E-state index contributed by atoms with van der Waals surface area (Å²) in [5.74, 6) is 0.158. The maximum atomic E-state index is 11.0. The van der Waals surface area contributed by atoms with Crippen molar-refractivity contribution in [3.63, 3.8) is 0 Å². The van der Waals surface area contributed by atoms with Crippen LogP contribution in [-0.4, -0.2) is 18.5 Å². The molecule has 1 saturated heterocycles. The summed E-state index contributed by atoms with van der Waals surface area (Å²) in [6.45, 7) is 1.55. The molecule has 2 rings (SSSR count). The molecule has 1 amide bonds. The van der Waals surface area contributed by atoms with Gasteiger partial charge in [-0.25, -0.2) is 0 Å². The minimum absolute atomic E-state index is 0.158. The quantitative estimate of drug-likeness (QED) is 0.651. The third kappa shape index (κ3) is 2.73. The summed E-state index contributed by atoms with van der Waals surface area (Å²) in [6.07, 6.45) is 1.58. The molecule has 1 fully saturated rings. The minimum Gasteiger partial charge on any atom is -0.398 e. The van der Waals surface area contributed by atoms with Gasteiger partial charge in [0.1, 0.15) is 0 Å². The monoisotopic (exact) mass is 219 g/mol. The van der Waals surface area contributed by atoms with Crippen LogP contribution < -0.4 is 16.4 Å². The summed E-state index contributed by atoms with van der Waals surface area (Å²) >= 11 is 0. The molecule has 1 aromatic carbocycles. The van der Waals surface area contributed by atoms with Gasteiger partial charge in [-0.2, -0.15) is 0 Å². The molecule has 16 heavy (non-hydrogen) atoms. The van der Waals surface area contributed by atoms with Gasteiger partial charge in [0, 0.05) is 31.2 Å². The minimum atomic E-state index is 0.158. The van der Waals surface area contributed by atoms with E-state index in [4.69, 9.17) is 5.73 Å². The van der Waals surface area contributed by atoms with Crippen LogP contribution in [0, 0.1) is 0 Å². The lowest BCUT2D eigenvalue weighted by atomic mass is 10.1. The number of carbonyl (C=O) groups is 1. The zero-order chi connectivity index (χ0) is 11.4. The van der Waals surface area contributed by atoms with Crippen molar-refractivity contribution < 1.29 is 4.79 Å². The van der Waals surface area contributed by atoms with Gasteiger partial charge in [0.15, 0.2) is 0 Å². The number of nitrogens with one attached hydrogen (secondary N) is 2. The molecule has 1 atom stereocenters. The standard InChI is InChI=1S/C12H17N3O/c13-11-4-2-1-3-9(11)7-14-8-10-5-6-12(16)15-10/h1-4,10,14H,5-8,13H2,(H,15,16). The molecule has 0 radical (unpaired) electrons. The van der Waals surface area contributed by atoms with E-state index in [0.717, 1.165) is 30.8 Å². The number of hydrogen-bond acceptors (Lipinski definition) is 3. The second-order valence-electron chi connectivity index (χ2n) is 4.13. The summed E-state index contributed by atoms with van der Waals surface area (Å²) in [5.41, 5.74) is 7.74. The van der Waals surface area contributed by atoms with E-state index < -0.39 is 0 Å². The Hall–Kier alpha value is -1.55. The van der Waals surface area contributed by atoms with Gasteiger partial charge >= 0.3 is 0 Å². The van der Waals surface area contributed by atoms with Gasteiger partial charge in [0.2, 0.25) is 5.91 Å². The molecule has 1 aliphatic heterocycles. The SMILES string of the molecule is Nc1ccccc1CNCC1CCC(=O)N1. The van der Waals surface area contributed by atoms with Crippen LogP contribution in [0.1, 0.15) is 18.4 Å².